The van der Waals surface area contributed by atoms with E-state index in [4.69, 9.17) is 5.11 Å². The van der Waals surface area contributed by atoms with Crippen molar-refractivity contribution < 1.29 is 23.1 Å². The molecule has 0 unspecified atom stereocenters. The molecule has 16 heavy (non-hydrogen) atoms. The molecule has 0 aromatic carbocycles. The Labute approximate surface area is 91.7 Å². The van der Waals surface area contributed by atoms with Crippen molar-refractivity contribution in [1.29, 1.82) is 0 Å². The van der Waals surface area contributed by atoms with Crippen molar-refractivity contribution in [3.8, 4) is 0 Å². The fraction of sp³-hybridized carbons (Fsp3) is 0.429. The Morgan fingerprint density at radius 2 is 2.38 bits per heavy atom. The molecule has 90 valence electrons. The van der Waals surface area contributed by atoms with E-state index < -0.39 is 16.0 Å². The van der Waals surface area contributed by atoms with Crippen molar-refractivity contribution in [2.24, 2.45) is 0 Å². The highest BCUT2D eigenvalue weighted by molar-refractivity contribution is 7.92. The van der Waals surface area contributed by atoms with Crippen molar-refractivity contribution in [1.82, 2.24) is 10.2 Å². The summed E-state index contributed by atoms with van der Waals surface area (Å²) in [6.07, 6.45) is 0. The largest absolute Gasteiger partial charge is 0.477 e. The number of aromatic nitrogens is 2. The van der Waals surface area contributed by atoms with Gasteiger partial charge in [-0.1, -0.05) is 0 Å². The van der Waals surface area contributed by atoms with E-state index in [1.54, 1.807) is 0 Å². The summed E-state index contributed by atoms with van der Waals surface area (Å²) in [6, 6.07) is 1.09. The molecule has 0 atom stereocenters. The maximum absolute atomic E-state index is 11.3. The molecule has 9 heteroatoms. The maximum Gasteiger partial charge on any atom is 0.353 e. The van der Waals surface area contributed by atoms with Gasteiger partial charge in [0.25, 0.3) is 0 Å². The molecular formula is C7H11N3O5S. The summed E-state index contributed by atoms with van der Waals surface area (Å²) in [5.41, 5.74) is -0.190. The van der Waals surface area contributed by atoms with Crippen LogP contribution in [0.5, 0.6) is 0 Å². The number of H-pyrrole nitrogens is 1. The van der Waals surface area contributed by atoms with Gasteiger partial charge >= 0.3 is 5.97 Å². The lowest BCUT2D eigenvalue weighted by Crippen LogP contribution is -2.19. The molecular weight excluding hydrogens is 238 g/mol. The number of nitrogens with one attached hydrogen (secondary N) is 2. The third-order valence-electron chi connectivity index (χ3n) is 1.62. The van der Waals surface area contributed by atoms with Crippen molar-refractivity contribution in [2.75, 3.05) is 24.2 Å². The zero-order chi connectivity index (χ0) is 12.2. The Bertz CT molecular complexity index is 466. The van der Waals surface area contributed by atoms with E-state index in [1.165, 1.54) is 7.11 Å². The van der Waals surface area contributed by atoms with Gasteiger partial charge in [0.15, 0.2) is 5.82 Å². The monoisotopic (exact) mass is 249 g/mol. The summed E-state index contributed by atoms with van der Waals surface area (Å²) in [6.45, 7) is 0.0472. The number of carboxylic acid groups (broad SMARTS) is 1. The van der Waals surface area contributed by atoms with Crippen LogP contribution in [-0.4, -0.2) is 49.2 Å². The predicted molar refractivity (Wildman–Crippen MR) is 54.8 cm³/mol. The van der Waals surface area contributed by atoms with E-state index in [0.29, 0.717) is 0 Å². The lowest BCUT2D eigenvalue weighted by atomic mass is 10.4. The Kier molecular flexibility index (Phi) is 3.85. The van der Waals surface area contributed by atoms with Crippen molar-refractivity contribution >= 4 is 21.8 Å². The van der Waals surface area contributed by atoms with Crippen molar-refractivity contribution in [2.45, 2.75) is 0 Å². The number of rotatable bonds is 6. The van der Waals surface area contributed by atoms with Gasteiger partial charge in [0, 0.05) is 13.2 Å². The zero-order valence-electron chi connectivity index (χ0n) is 8.43. The molecule has 0 aliphatic carbocycles. The summed E-state index contributed by atoms with van der Waals surface area (Å²) in [4.78, 5) is 10.5. The van der Waals surface area contributed by atoms with Crippen LogP contribution < -0.4 is 4.72 Å². The Hall–Kier alpha value is -1.61. The summed E-state index contributed by atoms with van der Waals surface area (Å²) >= 11 is 0. The summed E-state index contributed by atoms with van der Waals surface area (Å²) in [5.74, 6) is -1.50. The molecule has 0 bridgehead atoms. The molecule has 0 aliphatic heterocycles. The predicted octanol–water partition coefficient (Wildman–Crippen LogP) is -0.504. The van der Waals surface area contributed by atoms with Crippen LogP contribution in [0, 0.1) is 0 Å². The molecule has 1 aromatic rings. The van der Waals surface area contributed by atoms with Crippen LogP contribution in [0.15, 0.2) is 6.07 Å². The third kappa shape index (κ3) is 3.51. The highest BCUT2D eigenvalue weighted by Crippen LogP contribution is 2.07. The van der Waals surface area contributed by atoms with Gasteiger partial charge in [0.1, 0.15) is 5.69 Å². The van der Waals surface area contributed by atoms with Gasteiger partial charge < -0.3 is 9.84 Å². The molecule has 1 aromatic heterocycles. The minimum absolute atomic E-state index is 0.0472. The van der Waals surface area contributed by atoms with Gasteiger partial charge in [0.2, 0.25) is 10.0 Å². The Balaban J connectivity index is 2.69. The van der Waals surface area contributed by atoms with E-state index in [2.05, 4.69) is 19.7 Å². The average molecular weight is 249 g/mol. The first kappa shape index (κ1) is 12.5. The van der Waals surface area contributed by atoms with E-state index in [-0.39, 0.29) is 23.9 Å². The van der Waals surface area contributed by atoms with Crippen LogP contribution in [-0.2, 0) is 14.8 Å². The molecule has 0 saturated carbocycles. The maximum atomic E-state index is 11.3. The Morgan fingerprint density at radius 1 is 1.69 bits per heavy atom. The molecule has 0 fully saturated rings. The second kappa shape index (κ2) is 4.94. The number of aromatic carboxylic acids is 1. The standard InChI is InChI=1S/C7H11N3O5S/c1-15-2-3-16(13,14)10-6-4-5(7(11)12)8-9-6/h4H,2-3H2,1H3,(H,11,12)(H2,8,9,10). The first-order chi connectivity index (χ1) is 7.44. The number of carboxylic acids is 1. The summed E-state index contributed by atoms with van der Waals surface area (Å²) in [5, 5.41) is 14.2. The molecule has 1 rings (SSSR count). The van der Waals surface area contributed by atoms with Gasteiger partial charge in [0.05, 0.1) is 12.4 Å². The first-order valence-electron chi connectivity index (χ1n) is 4.23. The second-order valence-electron chi connectivity index (χ2n) is 2.89. The molecule has 0 saturated heterocycles. The fourth-order valence-corrected chi connectivity index (χ4v) is 1.80. The third-order valence-corrected chi connectivity index (χ3v) is 2.85. The van der Waals surface area contributed by atoms with Crippen LogP contribution in [0.4, 0.5) is 5.82 Å². The van der Waals surface area contributed by atoms with Gasteiger partial charge in [-0.3, -0.25) is 9.82 Å². The Morgan fingerprint density at radius 3 is 2.88 bits per heavy atom. The van der Waals surface area contributed by atoms with Crippen LogP contribution in [0.3, 0.4) is 0 Å². The molecule has 3 N–H and O–H groups in total. The molecule has 0 radical (unpaired) electrons. The lowest BCUT2D eigenvalue weighted by Gasteiger charge is -2.03. The number of nitrogens with zero attached hydrogens (tertiary/aromatic N) is 1. The van der Waals surface area contributed by atoms with E-state index in [9.17, 15) is 13.2 Å². The van der Waals surface area contributed by atoms with Crippen LogP contribution in [0.25, 0.3) is 0 Å². The van der Waals surface area contributed by atoms with Crippen LogP contribution in [0.2, 0.25) is 0 Å². The minimum atomic E-state index is -3.56. The number of methoxy groups -OCH3 is 1. The number of sulfonamides is 1. The van der Waals surface area contributed by atoms with Crippen molar-refractivity contribution in [3.05, 3.63) is 11.8 Å². The number of ether oxygens (including phenoxy) is 1. The summed E-state index contributed by atoms with van der Waals surface area (Å²) < 4.78 is 29.4. The van der Waals surface area contributed by atoms with Gasteiger partial charge in [-0.2, -0.15) is 5.10 Å². The minimum Gasteiger partial charge on any atom is -0.477 e. The van der Waals surface area contributed by atoms with E-state index >= 15 is 0 Å². The van der Waals surface area contributed by atoms with Gasteiger partial charge in [-0.15, -0.1) is 0 Å². The SMILES string of the molecule is COCCS(=O)(=O)Nc1cc(C(=O)O)[nH]n1. The zero-order valence-corrected chi connectivity index (χ0v) is 9.24. The average Bonchev–Trinajstić information content (AvgIpc) is 2.62. The van der Waals surface area contributed by atoms with Crippen LogP contribution in [0.1, 0.15) is 10.5 Å². The van der Waals surface area contributed by atoms with Crippen LogP contribution >= 0.6 is 0 Å². The second-order valence-corrected chi connectivity index (χ2v) is 4.73. The molecule has 1 heterocycles. The summed E-state index contributed by atoms with van der Waals surface area (Å²) in [7, 11) is -2.18. The highest BCUT2D eigenvalue weighted by Gasteiger charge is 2.14. The highest BCUT2D eigenvalue weighted by atomic mass is 32.2. The number of hydrogen-bond acceptors (Lipinski definition) is 5. The molecule has 8 nitrogen and oxygen atoms in total. The van der Waals surface area contributed by atoms with Gasteiger partial charge in [-0.25, -0.2) is 13.2 Å². The van der Waals surface area contributed by atoms with E-state index in [1.807, 2.05) is 0 Å². The quantitative estimate of drug-likeness (QED) is 0.624. The van der Waals surface area contributed by atoms with Crippen molar-refractivity contribution in [3.63, 3.8) is 0 Å². The number of anilines is 1. The number of hydrogen-bond donors (Lipinski definition) is 3. The number of carbonyl (C=O) groups is 1. The lowest BCUT2D eigenvalue weighted by molar-refractivity contribution is 0.0690. The van der Waals surface area contributed by atoms with E-state index in [0.717, 1.165) is 6.07 Å². The molecule has 0 amide bonds. The fourth-order valence-electron chi connectivity index (χ4n) is 0.887. The smallest absolute Gasteiger partial charge is 0.353 e. The topological polar surface area (TPSA) is 121 Å². The van der Waals surface area contributed by atoms with Gasteiger partial charge in [-0.05, 0) is 0 Å². The number of aromatic amines is 1. The molecule has 0 spiro atoms. The first-order valence-corrected chi connectivity index (χ1v) is 5.88. The molecule has 0 aliphatic rings. The normalized spacial score (nSPS) is 11.3.